The van der Waals surface area contributed by atoms with Crippen molar-refractivity contribution in [1.82, 2.24) is 10.2 Å². The number of benzene rings is 2. The molecule has 2 unspecified atom stereocenters. The number of alkyl halides is 6. The van der Waals surface area contributed by atoms with Crippen LogP contribution in [0.2, 0.25) is 0 Å². The average Bonchev–Trinajstić information content (AvgIpc) is 2.96. The summed E-state index contributed by atoms with van der Waals surface area (Å²) in [5.41, 5.74) is -1.75. The van der Waals surface area contributed by atoms with E-state index in [2.05, 4.69) is 22.3 Å². The van der Waals surface area contributed by atoms with Gasteiger partial charge in [-0.2, -0.15) is 26.3 Å². The highest BCUT2D eigenvalue weighted by Gasteiger charge is 2.37. The van der Waals surface area contributed by atoms with E-state index in [1.54, 1.807) is 0 Å². The molecule has 2 aliphatic rings. The summed E-state index contributed by atoms with van der Waals surface area (Å²) in [7, 11) is 0. The van der Waals surface area contributed by atoms with Gasteiger partial charge in [-0.15, -0.1) is 0 Å². The highest BCUT2D eigenvalue weighted by atomic mass is 19.4. The molecular formula is C32H36F6N2O2. The molecular weight excluding hydrogens is 558 g/mol. The zero-order valence-electron chi connectivity index (χ0n) is 23.5. The minimum atomic E-state index is -4.95. The summed E-state index contributed by atoms with van der Waals surface area (Å²) in [6.07, 6.45) is -1.35. The second kappa shape index (κ2) is 13.8. The molecule has 1 fully saturated rings. The minimum absolute atomic E-state index is 0.0868. The lowest BCUT2D eigenvalue weighted by atomic mass is 9.82. The van der Waals surface area contributed by atoms with E-state index in [1.165, 1.54) is 5.56 Å². The predicted molar refractivity (Wildman–Crippen MR) is 148 cm³/mol. The Morgan fingerprint density at radius 1 is 1.00 bits per heavy atom. The van der Waals surface area contributed by atoms with Gasteiger partial charge in [0.15, 0.2) is 0 Å². The molecule has 42 heavy (non-hydrogen) atoms. The van der Waals surface area contributed by atoms with Crippen molar-refractivity contribution >= 4 is 5.91 Å². The van der Waals surface area contributed by atoms with E-state index >= 15 is 0 Å². The van der Waals surface area contributed by atoms with E-state index in [1.807, 2.05) is 43.4 Å². The maximum Gasteiger partial charge on any atom is 0.416 e. The predicted octanol–water partition coefficient (Wildman–Crippen LogP) is 7.72. The van der Waals surface area contributed by atoms with Crippen molar-refractivity contribution in [1.29, 1.82) is 0 Å². The van der Waals surface area contributed by atoms with Crippen LogP contribution in [0.15, 0.2) is 72.5 Å². The van der Waals surface area contributed by atoms with Gasteiger partial charge in [-0.3, -0.25) is 4.79 Å². The van der Waals surface area contributed by atoms with Gasteiger partial charge in [-0.05, 0) is 93.1 Å². The highest BCUT2D eigenvalue weighted by molar-refractivity contribution is 5.79. The van der Waals surface area contributed by atoms with Crippen molar-refractivity contribution in [2.45, 2.75) is 57.4 Å². The number of carbonyl (C=O) groups is 1. The van der Waals surface area contributed by atoms with E-state index in [0.29, 0.717) is 44.0 Å². The summed E-state index contributed by atoms with van der Waals surface area (Å²) in [4.78, 5) is 15.8. The van der Waals surface area contributed by atoms with Crippen molar-refractivity contribution in [3.05, 3.63) is 94.8 Å². The summed E-state index contributed by atoms with van der Waals surface area (Å²) < 4.78 is 85.6. The second-order valence-electron chi connectivity index (χ2n) is 10.9. The molecule has 1 aliphatic heterocycles. The van der Waals surface area contributed by atoms with Gasteiger partial charge in [-0.25, -0.2) is 0 Å². The molecule has 0 radical (unpaired) electrons. The fourth-order valence-corrected chi connectivity index (χ4v) is 5.76. The minimum Gasteiger partial charge on any atom is -0.498 e. The molecule has 0 spiro atoms. The third kappa shape index (κ3) is 8.63. The van der Waals surface area contributed by atoms with Crippen molar-refractivity contribution in [3.8, 4) is 0 Å². The van der Waals surface area contributed by atoms with Gasteiger partial charge in [0.25, 0.3) is 0 Å². The van der Waals surface area contributed by atoms with Gasteiger partial charge < -0.3 is 15.0 Å². The lowest BCUT2D eigenvalue weighted by molar-refractivity contribution is -0.143. The molecule has 0 aromatic heterocycles. The molecule has 4 nitrogen and oxygen atoms in total. The lowest BCUT2D eigenvalue weighted by Gasteiger charge is -2.34. The summed E-state index contributed by atoms with van der Waals surface area (Å²) in [6, 6.07) is 11.7. The fraction of sp³-hybridized carbons (Fsp3) is 0.469. The van der Waals surface area contributed by atoms with E-state index in [-0.39, 0.29) is 17.5 Å². The average molecular weight is 595 g/mol. The molecule has 0 bridgehead atoms. The van der Waals surface area contributed by atoms with Crippen LogP contribution >= 0.6 is 0 Å². The summed E-state index contributed by atoms with van der Waals surface area (Å²) >= 11 is 0. The number of allylic oxidation sites excluding steroid dienone is 4. The van der Waals surface area contributed by atoms with E-state index < -0.39 is 41.8 Å². The first-order valence-electron chi connectivity index (χ1n) is 14.3. The number of piperidine rings is 1. The van der Waals surface area contributed by atoms with Crippen molar-refractivity contribution < 1.29 is 35.9 Å². The Hall–Kier alpha value is -3.27. The molecule has 1 heterocycles. The Labute approximate surface area is 242 Å². The first-order valence-corrected chi connectivity index (χ1v) is 14.3. The van der Waals surface area contributed by atoms with Gasteiger partial charge in [0.05, 0.1) is 23.5 Å². The van der Waals surface area contributed by atoms with Crippen LogP contribution in [-0.2, 0) is 28.4 Å². The first kappa shape index (κ1) is 31.7. The maximum absolute atomic E-state index is 13.5. The standard InChI is InChI=1S/C32H36F6N2O2/c1-2-42-28-10-6-9-25(19-28)29(13-16-40-14-11-24(12-15-40)23-7-4-3-5-8-23)30(41)39-21-22-17-26(31(33,34)35)20-27(18-22)32(36,37)38/h3-10,17-18,20,24-25,29H,2,11-16,19,21H2,1H3,(H,39,41). The molecule has 2 aromatic rings. The number of carbonyl (C=O) groups excluding carboxylic acids is 1. The molecule has 1 aliphatic carbocycles. The quantitative estimate of drug-likeness (QED) is 0.287. The zero-order valence-corrected chi connectivity index (χ0v) is 23.5. The summed E-state index contributed by atoms with van der Waals surface area (Å²) in [5.74, 6) is 0.0540. The van der Waals surface area contributed by atoms with Crippen molar-refractivity contribution in [3.63, 3.8) is 0 Å². The lowest BCUT2D eigenvalue weighted by Crippen LogP contribution is -2.39. The molecule has 1 saturated heterocycles. The maximum atomic E-state index is 13.5. The van der Waals surface area contributed by atoms with Crippen LogP contribution in [0.3, 0.4) is 0 Å². The number of rotatable bonds is 10. The number of hydrogen-bond donors (Lipinski definition) is 1. The van der Waals surface area contributed by atoms with Crippen LogP contribution in [0.5, 0.6) is 0 Å². The Balaban J connectivity index is 1.44. The third-order valence-corrected chi connectivity index (χ3v) is 7.99. The molecule has 228 valence electrons. The van der Waals surface area contributed by atoms with Crippen LogP contribution in [0.25, 0.3) is 0 Å². The molecule has 1 N–H and O–H groups in total. The van der Waals surface area contributed by atoms with Gasteiger partial charge in [-0.1, -0.05) is 42.5 Å². The largest absolute Gasteiger partial charge is 0.498 e. The van der Waals surface area contributed by atoms with Gasteiger partial charge in [0.1, 0.15) is 0 Å². The van der Waals surface area contributed by atoms with E-state index in [9.17, 15) is 31.1 Å². The number of nitrogens with zero attached hydrogens (tertiary/aromatic N) is 1. The Morgan fingerprint density at radius 2 is 1.64 bits per heavy atom. The van der Waals surface area contributed by atoms with Crippen LogP contribution in [0.1, 0.15) is 60.8 Å². The van der Waals surface area contributed by atoms with Gasteiger partial charge in [0, 0.05) is 18.9 Å². The Morgan fingerprint density at radius 3 is 2.24 bits per heavy atom. The SMILES string of the molecule is CCOC1=CC=CC(C(CCN2CCC(c3ccccc3)CC2)C(=O)NCc2cc(C(F)(F)F)cc(C(F)(F)F)c2)C1. The van der Waals surface area contributed by atoms with Crippen molar-refractivity contribution in [2.24, 2.45) is 11.8 Å². The Bertz CT molecular complexity index is 1220. The topological polar surface area (TPSA) is 41.6 Å². The van der Waals surface area contributed by atoms with Crippen LogP contribution < -0.4 is 5.32 Å². The molecule has 2 aromatic carbocycles. The van der Waals surface area contributed by atoms with Gasteiger partial charge >= 0.3 is 12.4 Å². The first-order chi connectivity index (χ1) is 19.9. The van der Waals surface area contributed by atoms with E-state index in [4.69, 9.17) is 4.74 Å². The fourth-order valence-electron chi connectivity index (χ4n) is 5.76. The summed E-state index contributed by atoms with van der Waals surface area (Å²) in [6.45, 7) is 4.29. The third-order valence-electron chi connectivity index (χ3n) is 7.99. The summed E-state index contributed by atoms with van der Waals surface area (Å²) in [5, 5.41) is 2.63. The van der Waals surface area contributed by atoms with Gasteiger partial charge in [0.2, 0.25) is 5.91 Å². The number of ether oxygens (including phenoxy) is 1. The smallest absolute Gasteiger partial charge is 0.416 e. The Kier molecular flexibility index (Phi) is 10.4. The number of nitrogens with one attached hydrogen (secondary N) is 1. The molecule has 1 amide bonds. The number of likely N-dealkylation sites (tertiary alicyclic amines) is 1. The zero-order chi connectivity index (χ0) is 30.3. The molecule has 10 heteroatoms. The van der Waals surface area contributed by atoms with Crippen LogP contribution in [0.4, 0.5) is 26.3 Å². The van der Waals surface area contributed by atoms with Crippen LogP contribution in [-0.4, -0.2) is 37.0 Å². The van der Waals surface area contributed by atoms with Crippen LogP contribution in [0, 0.1) is 11.8 Å². The molecule has 2 atom stereocenters. The number of amides is 1. The monoisotopic (exact) mass is 594 g/mol. The van der Waals surface area contributed by atoms with Crippen molar-refractivity contribution in [2.75, 3.05) is 26.2 Å². The van der Waals surface area contributed by atoms with E-state index in [0.717, 1.165) is 31.7 Å². The molecule has 4 rings (SSSR count). The molecule has 0 saturated carbocycles. The normalized spacial score (nSPS) is 19.3. The number of hydrogen-bond acceptors (Lipinski definition) is 3. The second-order valence-corrected chi connectivity index (χ2v) is 10.9. The number of halogens is 6. The highest BCUT2D eigenvalue weighted by Crippen LogP contribution is 2.37.